The molecule has 0 aliphatic carbocycles. The molecule has 136 valence electrons. The Labute approximate surface area is 149 Å². The van der Waals surface area contributed by atoms with Crippen molar-refractivity contribution in [3.05, 3.63) is 46.7 Å². The molecule has 1 aliphatic heterocycles. The minimum atomic E-state index is -0.532. The fraction of sp³-hybridized carbons (Fsp3) is 0.500. The molecule has 0 radical (unpaired) electrons. The number of carbonyl (C=O) groups is 2. The lowest BCUT2D eigenvalue weighted by molar-refractivity contribution is -0.129. The number of carbonyl (C=O) groups excluding carboxylic acids is 2. The van der Waals surface area contributed by atoms with Crippen molar-refractivity contribution in [3.63, 3.8) is 0 Å². The van der Waals surface area contributed by atoms with E-state index in [1.54, 1.807) is 12.0 Å². The third kappa shape index (κ3) is 4.28. The van der Waals surface area contributed by atoms with Gasteiger partial charge < -0.3 is 14.7 Å². The van der Waals surface area contributed by atoms with Crippen LogP contribution in [0.4, 0.5) is 0 Å². The molecule has 1 heterocycles. The number of ether oxygens (including phenoxy) is 1. The summed E-state index contributed by atoms with van der Waals surface area (Å²) in [6.45, 7) is 6.80. The van der Waals surface area contributed by atoms with Crippen molar-refractivity contribution in [2.24, 2.45) is 5.92 Å². The lowest BCUT2D eigenvalue weighted by Gasteiger charge is -2.27. The van der Waals surface area contributed by atoms with Crippen LogP contribution in [0.2, 0.25) is 0 Å². The Bertz CT molecular complexity index is 678. The lowest BCUT2D eigenvalue weighted by Crippen LogP contribution is -2.32. The standard InChI is InChI=1S/C20H27NO4/c1-13(2)11-16(22)17-18(15-8-5-7-14(3)12-15)21(9-6-10-25-4)20(24)19(17)23/h5,7-8,12-13,18,23H,6,9-11H2,1-4H3. The van der Waals surface area contributed by atoms with Gasteiger partial charge in [0.05, 0.1) is 11.6 Å². The average molecular weight is 345 g/mol. The average Bonchev–Trinajstić information content (AvgIpc) is 2.79. The van der Waals surface area contributed by atoms with Crippen LogP contribution in [0.5, 0.6) is 0 Å². The zero-order chi connectivity index (χ0) is 18.6. The van der Waals surface area contributed by atoms with Crippen LogP contribution in [-0.4, -0.2) is 42.0 Å². The number of aryl methyl sites for hydroxylation is 1. The van der Waals surface area contributed by atoms with Gasteiger partial charge in [-0.25, -0.2) is 0 Å². The maximum absolute atomic E-state index is 12.7. The van der Waals surface area contributed by atoms with E-state index in [0.717, 1.165) is 11.1 Å². The highest BCUT2D eigenvalue weighted by molar-refractivity contribution is 6.09. The first-order valence-corrected chi connectivity index (χ1v) is 8.69. The summed E-state index contributed by atoms with van der Waals surface area (Å²) in [4.78, 5) is 26.9. The number of hydrogen-bond acceptors (Lipinski definition) is 4. The van der Waals surface area contributed by atoms with Gasteiger partial charge in [-0.3, -0.25) is 9.59 Å². The zero-order valence-electron chi connectivity index (χ0n) is 15.4. The van der Waals surface area contributed by atoms with Gasteiger partial charge in [-0.1, -0.05) is 43.7 Å². The third-order valence-corrected chi connectivity index (χ3v) is 4.30. The van der Waals surface area contributed by atoms with Gasteiger partial charge in [0.25, 0.3) is 5.91 Å². The van der Waals surface area contributed by atoms with Crippen molar-refractivity contribution < 1.29 is 19.4 Å². The quantitative estimate of drug-likeness (QED) is 0.734. The molecule has 0 saturated carbocycles. The first-order chi connectivity index (χ1) is 11.9. The Balaban J connectivity index is 2.42. The minimum absolute atomic E-state index is 0.156. The second kappa shape index (κ2) is 8.30. The van der Waals surface area contributed by atoms with E-state index in [-0.39, 0.29) is 17.3 Å². The first kappa shape index (κ1) is 19.2. The number of benzene rings is 1. The normalized spacial score (nSPS) is 17.7. The van der Waals surface area contributed by atoms with Crippen molar-refractivity contribution in [2.45, 2.75) is 39.7 Å². The Morgan fingerprint density at radius 2 is 2.08 bits per heavy atom. The Kier molecular flexibility index (Phi) is 6.37. The molecule has 0 saturated heterocycles. The number of nitrogens with zero attached hydrogens (tertiary/aromatic N) is 1. The van der Waals surface area contributed by atoms with E-state index in [1.165, 1.54) is 0 Å². The van der Waals surface area contributed by atoms with Crippen molar-refractivity contribution in [3.8, 4) is 0 Å². The van der Waals surface area contributed by atoms with E-state index >= 15 is 0 Å². The lowest BCUT2D eigenvalue weighted by atomic mass is 9.91. The highest BCUT2D eigenvalue weighted by Crippen LogP contribution is 2.38. The number of amides is 1. The molecule has 1 aliphatic rings. The Hall–Kier alpha value is -2.14. The second-order valence-electron chi connectivity index (χ2n) is 6.95. The fourth-order valence-electron chi connectivity index (χ4n) is 3.22. The van der Waals surface area contributed by atoms with Crippen molar-refractivity contribution in [1.29, 1.82) is 0 Å². The highest BCUT2D eigenvalue weighted by atomic mass is 16.5. The molecule has 0 fully saturated rings. The van der Waals surface area contributed by atoms with Gasteiger partial charge in [-0.05, 0) is 24.8 Å². The molecular formula is C20H27NO4. The molecule has 0 bridgehead atoms. The van der Waals surface area contributed by atoms with E-state index in [2.05, 4.69) is 0 Å². The summed E-state index contributed by atoms with van der Waals surface area (Å²) in [5.41, 5.74) is 2.12. The van der Waals surface area contributed by atoms with Gasteiger partial charge in [0, 0.05) is 26.7 Å². The topological polar surface area (TPSA) is 66.8 Å². The number of hydrogen-bond donors (Lipinski definition) is 1. The van der Waals surface area contributed by atoms with Crippen LogP contribution in [-0.2, 0) is 14.3 Å². The first-order valence-electron chi connectivity index (χ1n) is 8.69. The predicted octanol–water partition coefficient (Wildman–Crippen LogP) is 3.34. The van der Waals surface area contributed by atoms with Gasteiger partial charge in [-0.15, -0.1) is 0 Å². The summed E-state index contributed by atoms with van der Waals surface area (Å²) in [6.07, 6.45) is 0.949. The van der Waals surface area contributed by atoms with Crippen LogP contribution < -0.4 is 0 Å². The number of Topliss-reactive ketones (excluding diaryl/α,β-unsaturated/α-hetero) is 1. The number of ketones is 1. The smallest absolute Gasteiger partial charge is 0.290 e. The molecule has 1 aromatic rings. The third-order valence-electron chi connectivity index (χ3n) is 4.30. The molecule has 25 heavy (non-hydrogen) atoms. The van der Waals surface area contributed by atoms with E-state index < -0.39 is 17.7 Å². The predicted molar refractivity (Wildman–Crippen MR) is 96.2 cm³/mol. The van der Waals surface area contributed by atoms with E-state index in [4.69, 9.17) is 4.74 Å². The van der Waals surface area contributed by atoms with Crippen LogP contribution in [0, 0.1) is 12.8 Å². The van der Waals surface area contributed by atoms with Crippen LogP contribution in [0.3, 0.4) is 0 Å². The molecule has 5 nitrogen and oxygen atoms in total. The molecular weight excluding hydrogens is 318 g/mol. The molecule has 1 N–H and O–H groups in total. The largest absolute Gasteiger partial charge is 0.503 e. The van der Waals surface area contributed by atoms with Gasteiger partial charge in [0.15, 0.2) is 11.5 Å². The Morgan fingerprint density at radius 1 is 1.36 bits per heavy atom. The maximum Gasteiger partial charge on any atom is 0.290 e. The molecule has 1 unspecified atom stereocenters. The summed E-state index contributed by atoms with van der Waals surface area (Å²) in [6, 6.07) is 7.20. The minimum Gasteiger partial charge on any atom is -0.503 e. The summed E-state index contributed by atoms with van der Waals surface area (Å²) in [5.74, 6) is -0.894. The molecule has 2 rings (SSSR count). The Morgan fingerprint density at radius 3 is 2.68 bits per heavy atom. The van der Waals surface area contributed by atoms with Crippen LogP contribution in [0.25, 0.3) is 0 Å². The molecule has 0 aromatic heterocycles. The summed E-state index contributed by atoms with van der Waals surface area (Å²) in [7, 11) is 1.61. The molecule has 1 amide bonds. The maximum atomic E-state index is 12.7. The van der Waals surface area contributed by atoms with E-state index in [9.17, 15) is 14.7 Å². The van der Waals surface area contributed by atoms with E-state index in [1.807, 2.05) is 45.0 Å². The molecule has 0 spiro atoms. The van der Waals surface area contributed by atoms with Gasteiger partial charge in [0.2, 0.25) is 0 Å². The molecule has 1 aromatic carbocycles. The van der Waals surface area contributed by atoms with E-state index in [0.29, 0.717) is 26.0 Å². The van der Waals surface area contributed by atoms with Crippen molar-refractivity contribution >= 4 is 11.7 Å². The highest BCUT2D eigenvalue weighted by Gasteiger charge is 2.42. The number of methoxy groups -OCH3 is 1. The molecule has 5 heteroatoms. The number of aliphatic hydroxyl groups is 1. The van der Waals surface area contributed by atoms with Gasteiger partial charge in [-0.2, -0.15) is 0 Å². The van der Waals surface area contributed by atoms with Crippen molar-refractivity contribution in [1.82, 2.24) is 4.90 Å². The SMILES string of the molecule is COCCCN1C(=O)C(O)=C(C(=O)CC(C)C)C1c1cccc(C)c1. The fourth-order valence-corrected chi connectivity index (χ4v) is 3.22. The van der Waals surface area contributed by atoms with Gasteiger partial charge in [0.1, 0.15) is 0 Å². The molecule has 1 atom stereocenters. The zero-order valence-corrected chi connectivity index (χ0v) is 15.4. The van der Waals surface area contributed by atoms with Crippen molar-refractivity contribution in [2.75, 3.05) is 20.3 Å². The van der Waals surface area contributed by atoms with Crippen LogP contribution >= 0.6 is 0 Å². The monoisotopic (exact) mass is 345 g/mol. The second-order valence-corrected chi connectivity index (χ2v) is 6.95. The van der Waals surface area contributed by atoms with Crippen LogP contribution in [0.15, 0.2) is 35.6 Å². The summed E-state index contributed by atoms with van der Waals surface area (Å²) in [5, 5.41) is 10.4. The summed E-state index contributed by atoms with van der Waals surface area (Å²) < 4.78 is 5.07. The van der Waals surface area contributed by atoms with Crippen LogP contribution in [0.1, 0.15) is 43.9 Å². The number of aliphatic hydroxyl groups excluding tert-OH is 1. The van der Waals surface area contributed by atoms with Gasteiger partial charge >= 0.3 is 0 Å². The number of rotatable bonds is 8. The summed E-state index contributed by atoms with van der Waals surface area (Å²) >= 11 is 0.